The largest absolute Gasteiger partial charge is 0.434 e. The average Bonchev–Trinajstić information content (AvgIpc) is 2.98. The summed E-state index contributed by atoms with van der Waals surface area (Å²) in [6, 6.07) is 5.04. The molecule has 1 N–H and O–H groups in total. The van der Waals surface area contributed by atoms with Crippen molar-refractivity contribution in [2.75, 3.05) is 18.9 Å². The molecule has 2 amide bonds. The van der Waals surface area contributed by atoms with Crippen LogP contribution in [-0.4, -0.2) is 39.1 Å². The van der Waals surface area contributed by atoms with Crippen molar-refractivity contribution in [2.24, 2.45) is 5.92 Å². The lowest BCUT2D eigenvalue weighted by Gasteiger charge is -2.28. The van der Waals surface area contributed by atoms with E-state index in [1.165, 1.54) is 4.90 Å². The van der Waals surface area contributed by atoms with E-state index >= 15 is 0 Å². The van der Waals surface area contributed by atoms with Crippen LogP contribution in [0, 0.1) is 12.8 Å². The molecule has 2 aromatic rings. The Labute approximate surface area is 149 Å². The Balaban J connectivity index is 1.59. The van der Waals surface area contributed by atoms with Gasteiger partial charge in [0.25, 0.3) is 0 Å². The molecule has 0 aromatic carbocycles. The fraction of sp³-hybridized carbons (Fsp3) is 0.471. The maximum absolute atomic E-state index is 12.8. The summed E-state index contributed by atoms with van der Waals surface area (Å²) < 4.78 is 39.9. The van der Waals surface area contributed by atoms with Crippen molar-refractivity contribution in [3.05, 3.63) is 41.6 Å². The van der Waals surface area contributed by atoms with Crippen LogP contribution in [0.15, 0.2) is 24.4 Å². The number of pyridine rings is 1. The molecule has 0 spiro atoms. The second-order valence-electron chi connectivity index (χ2n) is 6.57. The van der Waals surface area contributed by atoms with Gasteiger partial charge in [-0.3, -0.25) is 5.32 Å². The van der Waals surface area contributed by atoms with Crippen LogP contribution < -0.4 is 5.32 Å². The molecule has 3 rings (SSSR count). The molecule has 0 fully saturated rings. The first kappa shape index (κ1) is 18.2. The van der Waals surface area contributed by atoms with Gasteiger partial charge in [-0.1, -0.05) is 6.07 Å². The van der Waals surface area contributed by atoms with Crippen LogP contribution in [-0.2, 0) is 19.1 Å². The number of aromatic nitrogens is 3. The predicted molar refractivity (Wildman–Crippen MR) is 89.7 cm³/mol. The highest BCUT2D eigenvalue weighted by Crippen LogP contribution is 2.30. The number of anilines is 1. The van der Waals surface area contributed by atoms with E-state index in [1.54, 1.807) is 23.7 Å². The van der Waals surface area contributed by atoms with Crippen LogP contribution >= 0.6 is 0 Å². The monoisotopic (exact) mass is 367 g/mol. The van der Waals surface area contributed by atoms with Crippen LogP contribution in [0.1, 0.15) is 23.6 Å². The number of amides is 2. The quantitative estimate of drug-likeness (QED) is 0.905. The highest BCUT2D eigenvalue weighted by Gasteiger charge is 2.36. The van der Waals surface area contributed by atoms with E-state index in [2.05, 4.69) is 15.3 Å². The highest BCUT2D eigenvalue weighted by atomic mass is 19.4. The summed E-state index contributed by atoms with van der Waals surface area (Å²) in [7, 11) is 1.66. The lowest BCUT2D eigenvalue weighted by Crippen LogP contribution is -2.38. The first-order chi connectivity index (χ1) is 12.2. The zero-order chi connectivity index (χ0) is 18.9. The van der Waals surface area contributed by atoms with Crippen LogP contribution in [0.4, 0.5) is 23.8 Å². The van der Waals surface area contributed by atoms with Crippen molar-refractivity contribution < 1.29 is 18.0 Å². The third-order valence-corrected chi connectivity index (χ3v) is 4.38. The summed E-state index contributed by atoms with van der Waals surface area (Å²) in [4.78, 5) is 21.7. The number of carbonyl (C=O) groups is 1. The third kappa shape index (κ3) is 4.14. The summed E-state index contributed by atoms with van der Waals surface area (Å²) in [5.74, 6) is 0.987. The van der Waals surface area contributed by atoms with Gasteiger partial charge in [0, 0.05) is 38.4 Å². The Hall–Kier alpha value is -2.58. The minimum atomic E-state index is -4.43. The number of hydrogen-bond acceptors (Lipinski definition) is 3. The van der Waals surface area contributed by atoms with E-state index in [9.17, 15) is 18.0 Å². The summed E-state index contributed by atoms with van der Waals surface area (Å²) in [6.07, 6.45) is -2.22. The molecule has 1 aliphatic heterocycles. The number of nitrogens with zero attached hydrogens (tertiary/aromatic N) is 4. The molecule has 0 radical (unpaired) electrons. The van der Waals surface area contributed by atoms with E-state index in [4.69, 9.17) is 0 Å². The van der Waals surface area contributed by atoms with Crippen molar-refractivity contribution in [3.8, 4) is 0 Å². The zero-order valence-electron chi connectivity index (χ0n) is 14.5. The maximum atomic E-state index is 12.8. The van der Waals surface area contributed by atoms with Crippen molar-refractivity contribution in [3.63, 3.8) is 0 Å². The van der Waals surface area contributed by atoms with Crippen LogP contribution in [0.25, 0.3) is 0 Å². The molecule has 0 unspecified atom stereocenters. The molecule has 0 saturated carbocycles. The van der Waals surface area contributed by atoms with Crippen molar-refractivity contribution >= 4 is 11.8 Å². The van der Waals surface area contributed by atoms with Crippen molar-refractivity contribution in [2.45, 2.75) is 32.5 Å². The number of hydrogen-bond donors (Lipinski definition) is 1. The van der Waals surface area contributed by atoms with E-state index in [-0.39, 0.29) is 11.9 Å². The number of rotatable bonds is 3. The topological polar surface area (TPSA) is 63.1 Å². The summed E-state index contributed by atoms with van der Waals surface area (Å²) in [5.41, 5.74) is -0.0596. The Morgan fingerprint density at radius 3 is 2.85 bits per heavy atom. The van der Waals surface area contributed by atoms with Gasteiger partial charge in [0.05, 0.1) is 0 Å². The van der Waals surface area contributed by atoms with E-state index in [0.717, 1.165) is 11.9 Å². The molecule has 26 heavy (non-hydrogen) atoms. The van der Waals surface area contributed by atoms with E-state index in [1.807, 2.05) is 13.0 Å². The zero-order valence-corrected chi connectivity index (χ0v) is 14.5. The van der Waals surface area contributed by atoms with Gasteiger partial charge in [-0.2, -0.15) is 13.2 Å². The normalized spacial score (nSPS) is 16.9. The van der Waals surface area contributed by atoms with Gasteiger partial charge in [0.2, 0.25) is 0 Å². The summed E-state index contributed by atoms with van der Waals surface area (Å²) in [6.45, 7) is 2.69. The Morgan fingerprint density at radius 1 is 1.38 bits per heavy atom. The van der Waals surface area contributed by atoms with Gasteiger partial charge in [0.15, 0.2) is 5.69 Å². The van der Waals surface area contributed by atoms with Crippen molar-refractivity contribution in [1.82, 2.24) is 19.4 Å². The molecule has 1 aliphatic rings. The van der Waals surface area contributed by atoms with Gasteiger partial charge in [-0.25, -0.2) is 14.8 Å². The molecule has 2 aromatic heterocycles. The minimum Gasteiger partial charge on any atom is -0.334 e. The van der Waals surface area contributed by atoms with Crippen LogP contribution in [0.3, 0.4) is 0 Å². The van der Waals surface area contributed by atoms with Gasteiger partial charge in [-0.15, -0.1) is 0 Å². The highest BCUT2D eigenvalue weighted by molar-refractivity contribution is 5.88. The van der Waals surface area contributed by atoms with E-state index in [0.29, 0.717) is 37.6 Å². The molecule has 1 atom stereocenters. The van der Waals surface area contributed by atoms with Crippen molar-refractivity contribution in [1.29, 1.82) is 0 Å². The smallest absolute Gasteiger partial charge is 0.334 e. The van der Waals surface area contributed by atoms with Crippen LogP contribution in [0.5, 0.6) is 0 Å². The molecular formula is C17H20F3N5O. The molecule has 0 saturated heterocycles. The second kappa shape index (κ2) is 6.97. The molecule has 0 bridgehead atoms. The molecule has 9 heteroatoms. The second-order valence-corrected chi connectivity index (χ2v) is 6.57. The Kier molecular flexibility index (Phi) is 4.88. The average molecular weight is 367 g/mol. The molecule has 0 aliphatic carbocycles. The fourth-order valence-electron chi connectivity index (χ4n) is 3.09. The summed E-state index contributed by atoms with van der Waals surface area (Å²) >= 11 is 0. The number of carbonyl (C=O) groups excluding carboxylic acids is 1. The summed E-state index contributed by atoms with van der Waals surface area (Å²) in [5, 5.41) is 2.72. The lowest BCUT2D eigenvalue weighted by molar-refractivity contribution is -0.141. The molecular weight excluding hydrogens is 347 g/mol. The number of alkyl halides is 3. The Bertz CT molecular complexity index is 802. The first-order valence-electron chi connectivity index (χ1n) is 8.31. The number of fused-ring (bicyclic) bond motifs is 1. The molecule has 6 nitrogen and oxygen atoms in total. The van der Waals surface area contributed by atoms with Gasteiger partial charge in [0.1, 0.15) is 11.6 Å². The number of imidazole rings is 1. The predicted octanol–water partition coefficient (Wildman–Crippen LogP) is 3.33. The van der Waals surface area contributed by atoms with Crippen LogP contribution in [0.2, 0.25) is 0 Å². The lowest BCUT2D eigenvalue weighted by atomic mass is 9.99. The van der Waals surface area contributed by atoms with E-state index < -0.39 is 11.9 Å². The molecule has 140 valence electrons. The van der Waals surface area contributed by atoms with Gasteiger partial charge < -0.3 is 9.47 Å². The number of halogens is 3. The maximum Gasteiger partial charge on any atom is 0.434 e. The number of aryl methyl sites for hydroxylation is 2. The minimum absolute atomic E-state index is 0.0685. The standard InChI is InChI=1S/C17H20F3N5O/c1-11-4-3-5-14(21-11)23-16(26)24(2)8-12-6-7-15-22-13(17(18,19)20)10-25(15)9-12/h3-5,10,12H,6-9H2,1-2H3,(H,21,23,26)/t12-/m1/s1. The third-order valence-electron chi connectivity index (χ3n) is 4.38. The fourth-order valence-corrected chi connectivity index (χ4v) is 3.09. The Morgan fingerprint density at radius 2 is 2.15 bits per heavy atom. The number of nitrogens with one attached hydrogen (secondary N) is 1. The SMILES string of the molecule is Cc1cccc(NC(=O)N(C)C[C@H]2CCc3nc(C(F)(F)F)cn3C2)n1. The molecule has 3 heterocycles. The van der Waals surface area contributed by atoms with Gasteiger partial charge >= 0.3 is 12.2 Å². The number of urea groups is 1. The first-order valence-corrected chi connectivity index (χ1v) is 8.31. The van der Waals surface area contributed by atoms with Gasteiger partial charge in [-0.05, 0) is 31.4 Å².